The minimum atomic E-state index is -5.82. The second-order valence-electron chi connectivity index (χ2n) is 2.35. The van der Waals surface area contributed by atoms with Gasteiger partial charge in [-0.3, -0.25) is 0 Å². The van der Waals surface area contributed by atoms with Gasteiger partial charge >= 0.3 is 15.5 Å². The van der Waals surface area contributed by atoms with Crippen molar-refractivity contribution < 1.29 is 30.0 Å². The molecule has 0 aromatic rings. The maximum atomic E-state index is 11.7. The van der Waals surface area contributed by atoms with E-state index in [4.69, 9.17) is 0 Å². The van der Waals surface area contributed by atoms with Crippen LogP contribution in [0.2, 0.25) is 0 Å². The maximum Gasteiger partial charge on any atom is 0.512 e. The quantitative estimate of drug-likeness (QED) is 0.776. The Morgan fingerprint density at radius 3 is 1.86 bits per heavy atom. The lowest BCUT2D eigenvalue weighted by atomic mass is 10.6. The van der Waals surface area contributed by atoms with E-state index >= 15 is 0 Å². The van der Waals surface area contributed by atoms with Crippen LogP contribution >= 0.6 is 0 Å². The Bertz CT molecular complexity index is 381. The van der Waals surface area contributed by atoms with Gasteiger partial charge in [0, 0.05) is 0 Å². The maximum absolute atomic E-state index is 11.7. The van der Waals surface area contributed by atoms with Crippen molar-refractivity contribution >= 4 is 20.0 Å². The summed E-state index contributed by atoms with van der Waals surface area (Å²) in [6, 6.07) is 0. The van der Waals surface area contributed by atoms with Gasteiger partial charge in [0.25, 0.3) is 0 Å². The molecule has 0 aliphatic carbocycles. The van der Waals surface area contributed by atoms with Crippen molar-refractivity contribution in [2.45, 2.75) is 18.9 Å². The number of halogens is 3. The lowest BCUT2D eigenvalue weighted by Gasteiger charge is -2.08. The molecule has 0 bridgehead atoms. The Balaban J connectivity index is 4.89. The first-order valence-corrected chi connectivity index (χ1v) is 6.48. The Morgan fingerprint density at radius 2 is 1.57 bits per heavy atom. The average molecular weight is 255 g/mol. The van der Waals surface area contributed by atoms with E-state index in [1.165, 1.54) is 6.92 Å². The van der Waals surface area contributed by atoms with Crippen molar-refractivity contribution in [2.75, 3.05) is 5.75 Å². The standard InChI is InChI=1S/C4H8F3NO4S2/c1-2-3-13(9,10)8-14(11,12)4(5,6)7/h8H,2-3H2,1H3. The summed E-state index contributed by atoms with van der Waals surface area (Å²) in [4.78, 5) is 0. The highest BCUT2D eigenvalue weighted by Crippen LogP contribution is 2.22. The first-order chi connectivity index (χ1) is 6.02. The Morgan fingerprint density at radius 1 is 1.14 bits per heavy atom. The van der Waals surface area contributed by atoms with E-state index in [0.717, 1.165) is 0 Å². The van der Waals surface area contributed by atoms with E-state index in [1.807, 2.05) is 0 Å². The monoisotopic (exact) mass is 255 g/mol. The lowest BCUT2D eigenvalue weighted by molar-refractivity contribution is -0.0441. The highest BCUT2D eigenvalue weighted by atomic mass is 32.3. The van der Waals surface area contributed by atoms with Crippen LogP contribution in [0.5, 0.6) is 0 Å². The van der Waals surface area contributed by atoms with Crippen LogP contribution in [0.4, 0.5) is 13.2 Å². The second kappa shape index (κ2) is 4.03. The molecule has 5 nitrogen and oxygen atoms in total. The van der Waals surface area contributed by atoms with Crippen LogP contribution in [0.15, 0.2) is 0 Å². The molecule has 0 amide bonds. The van der Waals surface area contributed by atoms with Crippen LogP contribution in [-0.4, -0.2) is 28.1 Å². The van der Waals surface area contributed by atoms with E-state index in [1.54, 1.807) is 0 Å². The molecule has 0 fully saturated rings. The molecule has 0 saturated heterocycles. The van der Waals surface area contributed by atoms with Crippen LogP contribution in [0, 0.1) is 0 Å². The summed E-state index contributed by atoms with van der Waals surface area (Å²) in [7, 11) is -10.2. The highest BCUT2D eigenvalue weighted by molar-refractivity contribution is 8.05. The summed E-state index contributed by atoms with van der Waals surface area (Å²) in [6.45, 7) is 1.39. The molecule has 0 spiro atoms. The van der Waals surface area contributed by atoms with Crippen molar-refractivity contribution in [1.82, 2.24) is 4.13 Å². The van der Waals surface area contributed by atoms with Gasteiger partial charge < -0.3 is 0 Å². The van der Waals surface area contributed by atoms with Gasteiger partial charge in [0.1, 0.15) is 0 Å². The largest absolute Gasteiger partial charge is 0.512 e. The topological polar surface area (TPSA) is 80.3 Å². The van der Waals surface area contributed by atoms with Crippen molar-refractivity contribution in [3.05, 3.63) is 0 Å². The van der Waals surface area contributed by atoms with E-state index in [9.17, 15) is 30.0 Å². The summed E-state index contributed by atoms with van der Waals surface area (Å²) >= 11 is 0. The lowest BCUT2D eigenvalue weighted by Crippen LogP contribution is -2.41. The Labute approximate surface area is 79.4 Å². The van der Waals surface area contributed by atoms with Crippen LogP contribution in [0.3, 0.4) is 0 Å². The summed E-state index contributed by atoms with van der Waals surface area (Å²) in [6.07, 6.45) is 0.0166. The first-order valence-electron chi connectivity index (χ1n) is 3.34. The zero-order chi connectivity index (χ0) is 11.6. The molecule has 1 N–H and O–H groups in total. The minimum Gasteiger partial charge on any atom is -0.211 e. The molecule has 0 unspecified atom stereocenters. The fraction of sp³-hybridized carbons (Fsp3) is 1.00. The molecule has 0 aromatic heterocycles. The number of nitrogens with one attached hydrogen (secondary N) is 1. The Hall–Kier alpha value is -0.350. The van der Waals surface area contributed by atoms with Gasteiger partial charge in [-0.15, -0.1) is 4.13 Å². The molecule has 0 aromatic carbocycles. The highest BCUT2D eigenvalue weighted by Gasteiger charge is 2.48. The normalized spacial score (nSPS) is 14.3. The number of hydrogen-bond acceptors (Lipinski definition) is 4. The molecule has 0 aliphatic heterocycles. The first kappa shape index (κ1) is 13.7. The van der Waals surface area contributed by atoms with Crippen LogP contribution in [0.25, 0.3) is 0 Å². The molecule has 0 heterocycles. The van der Waals surface area contributed by atoms with Crippen LogP contribution in [-0.2, 0) is 20.0 Å². The molecule has 0 saturated carbocycles. The van der Waals surface area contributed by atoms with Gasteiger partial charge in [-0.2, -0.15) is 13.2 Å². The molecule has 0 atom stereocenters. The number of alkyl halides is 3. The number of rotatable bonds is 4. The van der Waals surface area contributed by atoms with Crippen molar-refractivity contribution in [2.24, 2.45) is 0 Å². The summed E-state index contributed by atoms with van der Waals surface area (Å²) in [5.41, 5.74) is -5.62. The van der Waals surface area contributed by atoms with Crippen molar-refractivity contribution in [3.63, 3.8) is 0 Å². The molecule has 86 valence electrons. The average Bonchev–Trinajstić information content (AvgIpc) is 1.80. The van der Waals surface area contributed by atoms with Crippen LogP contribution in [0.1, 0.15) is 13.3 Å². The summed E-state index contributed by atoms with van der Waals surface area (Å²) in [5.74, 6) is -0.678. The van der Waals surface area contributed by atoms with Crippen LogP contribution < -0.4 is 4.13 Å². The van der Waals surface area contributed by atoms with Gasteiger partial charge in [0.05, 0.1) is 5.75 Å². The van der Waals surface area contributed by atoms with Crippen molar-refractivity contribution in [1.29, 1.82) is 0 Å². The number of sulfonamides is 2. The summed E-state index contributed by atoms with van der Waals surface area (Å²) in [5, 5.41) is 0. The van der Waals surface area contributed by atoms with E-state index in [0.29, 0.717) is 4.13 Å². The Kier molecular flexibility index (Phi) is 3.93. The van der Waals surface area contributed by atoms with E-state index in [2.05, 4.69) is 0 Å². The second-order valence-corrected chi connectivity index (χ2v) is 6.13. The zero-order valence-corrected chi connectivity index (χ0v) is 8.63. The van der Waals surface area contributed by atoms with Gasteiger partial charge in [-0.05, 0) is 6.42 Å². The molecular weight excluding hydrogens is 247 g/mol. The van der Waals surface area contributed by atoms with Gasteiger partial charge in [-0.1, -0.05) is 6.92 Å². The summed E-state index contributed by atoms with van der Waals surface area (Å²) < 4.78 is 77.7. The predicted molar refractivity (Wildman–Crippen MR) is 42.2 cm³/mol. The smallest absolute Gasteiger partial charge is 0.211 e. The van der Waals surface area contributed by atoms with E-state index < -0.39 is 31.3 Å². The molecule has 0 aliphatic rings. The van der Waals surface area contributed by atoms with Gasteiger partial charge in [0.2, 0.25) is 10.0 Å². The third-order valence-corrected chi connectivity index (χ3v) is 4.46. The van der Waals surface area contributed by atoms with Crippen molar-refractivity contribution in [3.8, 4) is 0 Å². The van der Waals surface area contributed by atoms with Gasteiger partial charge in [-0.25, -0.2) is 16.8 Å². The minimum absolute atomic E-state index is 0.0166. The fourth-order valence-corrected chi connectivity index (χ4v) is 3.11. The predicted octanol–water partition coefficient (Wildman–Crippen LogP) is 0.165. The molecule has 0 radical (unpaired) electrons. The third kappa shape index (κ3) is 3.80. The molecule has 10 heteroatoms. The SMILES string of the molecule is CCCS(=O)(=O)NS(=O)(=O)C(F)(F)F. The van der Waals surface area contributed by atoms with E-state index in [-0.39, 0.29) is 6.42 Å². The zero-order valence-electron chi connectivity index (χ0n) is 7.00. The molecule has 14 heavy (non-hydrogen) atoms. The number of hydrogen-bond donors (Lipinski definition) is 1. The molecular formula is C4H8F3NO4S2. The molecule has 0 rings (SSSR count). The van der Waals surface area contributed by atoms with Gasteiger partial charge in [0.15, 0.2) is 0 Å². The third-order valence-electron chi connectivity index (χ3n) is 1.01. The fourth-order valence-electron chi connectivity index (χ4n) is 0.525.